The third kappa shape index (κ3) is 2.86. The van der Waals surface area contributed by atoms with Crippen LogP contribution in [0, 0.1) is 5.92 Å². The number of anilines is 1. The van der Waals surface area contributed by atoms with Gasteiger partial charge in [0, 0.05) is 31.4 Å². The van der Waals surface area contributed by atoms with Crippen molar-refractivity contribution in [3.8, 4) is 0 Å². The van der Waals surface area contributed by atoms with E-state index in [9.17, 15) is 0 Å². The van der Waals surface area contributed by atoms with Crippen molar-refractivity contribution in [1.82, 2.24) is 5.32 Å². The number of nitrogens with one attached hydrogen (secondary N) is 1. The van der Waals surface area contributed by atoms with Crippen LogP contribution in [0.5, 0.6) is 0 Å². The Hall–Kier alpha value is -1.02. The van der Waals surface area contributed by atoms with Gasteiger partial charge in [0.1, 0.15) is 0 Å². The fourth-order valence-electron chi connectivity index (χ4n) is 2.84. The maximum absolute atomic E-state index is 3.64. The molecule has 0 bridgehead atoms. The Labute approximate surface area is 110 Å². The summed E-state index contributed by atoms with van der Waals surface area (Å²) < 4.78 is 0. The topological polar surface area (TPSA) is 15.3 Å². The summed E-state index contributed by atoms with van der Waals surface area (Å²) in [7, 11) is 0. The fourth-order valence-corrected chi connectivity index (χ4v) is 2.84. The summed E-state index contributed by atoms with van der Waals surface area (Å²) in [6.45, 7) is 5.79. The molecule has 1 aromatic carbocycles. The van der Waals surface area contributed by atoms with Gasteiger partial charge in [0.05, 0.1) is 0 Å². The van der Waals surface area contributed by atoms with E-state index >= 15 is 0 Å². The molecule has 1 atom stereocenters. The van der Waals surface area contributed by atoms with Crippen molar-refractivity contribution in [1.29, 1.82) is 0 Å². The van der Waals surface area contributed by atoms with E-state index in [1.54, 1.807) is 0 Å². The molecule has 2 fully saturated rings. The van der Waals surface area contributed by atoms with Crippen LogP contribution in [-0.2, 0) is 6.54 Å². The molecule has 0 spiro atoms. The van der Waals surface area contributed by atoms with Gasteiger partial charge in [0.15, 0.2) is 0 Å². The highest BCUT2D eigenvalue weighted by Crippen LogP contribution is 2.32. The zero-order chi connectivity index (χ0) is 12.4. The molecule has 98 valence electrons. The average Bonchev–Trinajstić information content (AvgIpc) is 3.12. The Morgan fingerprint density at radius 1 is 1.17 bits per heavy atom. The maximum Gasteiger partial charge on any atom is 0.0366 e. The lowest BCUT2D eigenvalue weighted by molar-refractivity contribution is 0.496. The molecule has 1 saturated carbocycles. The van der Waals surface area contributed by atoms with Crippen molar-refractivity contribution in [3.63, 3.8) is 0 Å². The van der Waals surface area contributed by atoms with E-state index in [1.807, 2.05) is 0 Å². The molecular formula is C16H24N2. The third-order valence-electron chi connectivity index (χ3n) is 4.36. The van der Waals surface area contributed by atoms with Gasteiger partial charge in [-0.3, -0.25) is 0 Å². The smallest absolute Gasteiger partial charge is 0.0366 e. The zero-order valence-corrected chi connectivity index (χ0v) is 11.4. The predicted octanol–water partition coefficient (Wildman–Crippen LogP) is 3.17. The van der Waals surface area contributed by atoms with Crippen molar-refractivity contribution < 1.29 is 0 Å². The fraction of sp³-hybridized carbons (Fsp3) is 0.625. The average molecular weight is 244 g/mol. The second kappa shape index (κ2) is 5.31. The quantitative estimate of drug-likeness (QED) is 0.856. The molecule has 1 aliphatic heterocycles. The van der Waals surface area contributed by atoms with Crippen LogP contribution >= 0.6 is 0 Å². The van der Waals surface area contributed by atoms with Crippen LogP contribution in [0.25, 0.3) is 0 Å². The van der Waals surface area contributed by atoms with Gasteiger partial charge in [-0.25, -0.2) is 0 Å². The number of nitrogens with zero attached hydrogens (tertiary/aromatic N) is 1. The number of hydrogen-bond donors (Lipinski definition) is 1. The van der Waals surface area contributed by atoms with E-state index in [0.717, 1.165) is 12.5 Å². The van der Waals surface area contributed by atoms with Crippen molar-refractivity contribution in [2.75, 3.05) is 18.0 Å². The van der Waals surface area contributed by atoms with E-state index in [2.05, 4.69) is 41.4 Å². The molecular weight excluding hydrogens is 220 g/mol. The van der Waals surface area contributed by atoms with E-state index in [1.165, 1.54) is 50.0 Å². The Kier molecular flexibility index (Phi) is 3.55. The molecule has 0 radical (unpaired) electrons. The Bertz CT molecular complexity index is 375. The van der Waals surface area contributed by atoms with Gasteiger partial charge in [-0.15, -0.1) is 0 Å². The van der Waals surface area contributed by atoms with Crippen LogP contribution in [0.3, 0.4) is 0 Å². The summed E-state index contributed by atoms with van der Waals surface area (Å²) in [4.78, 5) is 2.49. The maximum atomic E-state index is 3.64. The molecule has 2 aliphatic rings. The van der Waals surface area contributed by atoms with Crippen LogP contribution in [-0.4, -0.2) is 19.1 Å². The lowest BCUT2D eigenvalue weighted by atomic mass is 10.1. The molecule has 1 N–H and O–H groups in total. The van der Waals surface area contributed by atoms with Crippen LogP contribution < -0.4 is 10.2 Å². The Balaban J connectivity index is 1.53. The minimum atomic E-state index is 0.684. The van der Waals surface area contributed by atoms with E-state index in [-0.39, 0.29) is 0 Å². The molecule has 18 heavy (non-hydrogen) atoms. The van der Waals surface area contributed by atoms with Crippen molar-refractivity contribution in [2.24, 2.45) is 5.92 Å². The van der Waals surface area contributed by atoms with E-state index < -0.39 is 0 Å². The molecule has 2 nitrogen and oxygen atoms in total. The van der Waals surface area contributed by atoms with Crippen LogP contribution in [0.1, 0.15) is 38.2 Å². The summed E-state index contributed by atoms with van der Waals surface area (Å²) in [5, 5.41) is 3.64. The summed E-state index contributed by atoms with van der Waals surface area (Å²) in [6.07, 6.45) is 5.54. The largest absolute Gasteiger partial charge is 0.372 e. The zero-order valence-electron chi connectivity index (χ0n) is 11.4. The Morgan fingerprint density at radius 3 is 2.44 bits per heavy atom. The minimum absolute atomic E-state index is 0.684. The van der Waals surface area contributed by atoms with Gasteiger partial charge in [-0.1, -0.05) is 12.1 Å². The summed E-state index contributed by atoms with van der Waals surface area (Å²) in [5.74, 6) is 0.939. The summed E-state index contributed by atoms with van der Waals surface area (Å²) in [5.41, 5.74) is 2.80. The normalized spacial score (nSPS) is 21.3. The van der Waals surface area contributed by atoms with E-state index in [4.69, 9.17) is 0 Å². The second-order valence-electron chi connectivity index (χ2n) is 5.87. The molecule has 1 aromatic rings. The highest BCUT2D eigenvalue weighted by Gasteiger charge is 2.27. The van der Waals surface area contributed by atoms with Crippen molar-refractivity contribution in [2.45, 2.75) is 45.2 Å². The molecule has 1 saturated heterocycles. The van der Waals surface area contributed by atoms with Gasteiger partial charge in [0.25, 0.3) is 0 Å². The molecule has 2 heteroatoms. The molecule has 0 aromatic heterocycles. The predicted molar refractivity (Wildman–Crippen MR) is 76.9 cm³/mol. The molecule has 3 rings (SSSR count). The number of rotatable bonds is 5. The first kappa shape index (κ1) is 12.0. The Morgan fingerprint density at radius 2 is 1.83 bits per heavy atom. The first-order valence-electron chi connectivity index (χ1n) is 7.40. The van der Waals surface area contributed by atoms with E-state index in [0.29, 0.717) is 6.04 Å². The van der Waals surface area contributed by atoms with Gasteiger partial charge >= 0.3 is 0 Å². The second-order valence-corrected chi connectivity index (χ2v) is 5.87. The van der Waals surface area contributed by atoms with Crippen molar-refractivity contribution >= 4 is 5.69 Å². The monoisotopic (exact) mass is 244 g/mol. The molecule has 0 amide bonds. The highest BCUT2D eigenvalue weighted by molar-refractivity contribution is 5.48. The molecule has 1 heterocycles. The van der Waals surface area contributed by atoms with Crippen molar-refractivity contribution in [3.05, 3.63) is 29.8 Å². The van der Waals surface area contributed by atoms with Gasteiger partial charge in [0.2, 0.25) is 0 Å². The molecule has 1 unspecified atom stereocenters. The van der Waals surface area contributed by atoms with Gasteiger partial charge in [-0.05, 0) is 56.2 Å². The molecule has 1 aliphatic carbocycles. The van der Waals surface area contributed by atoms with Gasteiger partial charge in [-0.2, -0.15) is 0 Å². The minimum Gasteiger partial charge on any atom is -0.372 e. The van der Waals surface area contributed by atoms with Crippen LogP contribution in [0.4, 0.5) is 5.69 Å². The van der Waals surface area contributed by atoms with Gasteiger partial charge < -0.3 is 10.2 Å². The summed E-state index contributed by atoms with van der Waals surface area (Å²) >= 11 is 0. The third-order valence-corrected chi connectivity index (χ3v) is 4.36. The lowest BCUT2D eigenvalue weighted by Crippen LogP contribution is -2.27. The standard InChI is InChI=1S/C16H24N2/c1-13(15-6-7-15)17-12-14-4-8-16(9-5-14)18-10-2-3-11-18/h4-5,8-9,13,15,17H,2-3,6-7,10-12H2,1H3. The SMILES string of the molecule is CC(NCc1ccc(N2CCCC2)cc1)C1CC1. The van der Waals surface area contributed by atoms with Crippen LogP contribution in [0.2, 0.25) is 0 Å². The lowest BCUT2D eigenvalue weighted by Gasteiger charge is -2.18. The number of benzene rings is 1. The first-order chi connectivity index (χ1) is 8.83. The van der Waals surface area contributed by atoms with Crippen LogP contribution in [0.15, 0.2) is 24.3 Å². The highest BCUT2D eigenvalue weighted by atomic mass is 15.1. The summed E-state index contributed by atoms with van der Waals surface area (Å²) in [6, 6.07) is 9.80. The number of hydrogen-bond acceptors (Lipinski definition) is 2. The first-order valence-corrected chi connectivity index (χ1v) is 7.40.